The van der Waals surface area contributed by atoms with Crippen LogP contribution in [0.1, 0.15) is 10.4 Å². The Hall–Kier alpha value is -1.67. The molecule has 1 amide bonds. The number of amides is 1. The van der Waals surface area contributed by atoms with E-state index < -0.39 is 21.7 Å². The molecule has 6 nitrogen and oxygen atoms in total. The van der Waals surface area contributed by atoms with Gasteiger partial charge in [-0.2, -0.15) is 0 Å². The van der Waals surface area contributed by atoms with E-state index in [1.165, 1.54) is 30.7 Å². The van der Waals surface area contributed by atoms with Crippen molar-refractivity contribution in [1.82, 2.24) is 5.32 Å². The maximum Gasteiger partial charge on any atom is 0.330 e. The lowest BCUT2D eigenvalue weighted by Crippen LogP contribution is -2.22. The molecule has 1 aromatic heterocycles. The van der Waals surface area contributed by atoms with Gasteiger partial charge in [-0.15, -0.1) is 11.3 Å². The summed E-state index contributed by atoms with van der Waals surface area (Å²) in [5, 5.41) is 3.99. The van der Waals surface area contributed by atoms with E-state index in [1.807, 2.05) is 0 Å². The highest BCUT2D eigenvalue weighted by molar-refractivity contribution is 7.92. The molecule has 19 heavy (non-hydrogen) atoms. The van der Waals surface area contributed by atoms with Crippen LogP contribution in [0.5, 0.6) is 0 Å². The Labute approximate surface area is 115 Å². The number of hydrogen-bond donors (Lipinski definition) is 1. The zero-order valence-corrected chi connectivity index (χ0v) is 12.0. The number of thiophene rings is 1. The molecule has 0 fully saturated rings. The van der Waals surface area contributed by atoms with Gasteiger partial charge in [0, 0.05) is 24.3 Å². The second kappa shape index (κ2) is 6.48. The van der Waals surface area contributed by atoms with Crippen molar-refractivity contribution in [2.24, 2.45) is 0 Å². The smallest absolute Gasteiger partial charge is 0.330 e. The number of methoxy groups -OCH3 is 1. The fourth-order valence-electron chi connectivity index (χ4n) is 1.11. The summed E-state index contributed by atoms with van der Waals surface area (Å²) in [7, 11) is -2.04. The van der Waals surface area contributed by atoms with E-state index in [1.54, 1.807) is 0 Å². The number of hydrogen-bond acceptors (Lipinski definition) is 6. The first-order valence-electron chi connectivity index (χ1n) is 5.16. The molecule has 0 aliphatic rings. The zero-order chi connectivity index (χ0) is 14.5. The van der Waals surface area contributed by atoms with Crippen molar-refractivity contribution < 1.29 is 22.7 Å². The highest BCUT2D eigenvalue weighted by Gasteiger charge is 2.14. The molecule has 0 atom stereocenters. The van der Waals surface area contributed by atoms with Gasteiger partial charge < -0.3 is 10.1 Å². The molecule has 0 bridgehead atoms. The van der Waals surface area contributed by atoms with Gasteiger partial charge in [0.25, 0.3) is 5.91 Å². The Bertz CT molecular complexity index is 600. The first kappa shape index (κ1) is 15.4. The van der Waals surface area contributed by atoms with Gasteiger partial charge in [-0.3, -0.25) is 4.79 Å². The number of ether oxygens (including phenoxy) is 1. The molecule has 0 saturated carbocycles. The highest BCUT2D eigenvalue weighted by atomic mass is 32.2. The molecule has 0 aromatic carbocycles. The second-order valence-electron chi connectivity index (χ2n) is 3.56. The molecule has 0 aliphatic carbocycles. The number of sulfone groups is 1. The Kier molecular flexibility index (Phi) is 5.25. The average molecular weight is 303 g/mol. The van der Waals surface area contributed by atoms with E-state index in [4.69, 9.17) is 0 Å². The Morgan fingerprint density at radius 3 is 2.68 bits per heavy atom. The van der Waals surface area contributed by atoms with Crippen LogP contribution < -0.4 is 5.32 Å². The molecule has 0 aliphatic heterocycles. The molecule has 1 rings (SSSR count). The molecule has 0 radical (unpaired) electrons. The summed E-state index contributed by atoms with van der Waals surface area (Å²) in [6.07, 6.45) is 3.71. The van der Waals surface area contributed by atoms with Gasteiger partial charge in [0.05, 0.1) is 12.7 Å². The largest absolute Gasteiger partial charge is 0.466 e. The average Bonchev–Trinajstić information content (AvgIpc) is 2.83. The minimum atomic E-state index is -3.29. The molecule has 8 heteroatoms. The summed E-state index contributed by atoms with van der Waals surface area (Å²) in [6, 6.07) is 1.32. The van der Waals surface area contributed by atoms with Crippen molar-refractivity contribution in [3.63, 3.8) is 0 Å². The third-order valence-corrected chi connectivity index (χ3v) is 4.81. The second-order valence-corrected chi connectivity index (χ2v) is 6.72. The van der Waals surface area contributed by atoms with E-state index >= 15 is 0 Å². The number of esters is 1. The monoisotopic (exact) mass is 303 g/mol. The van der Waals surface area contributed by atoms with Gasteiger partial charge >= 0.3 is 5.97 Å². The van der Waals surface area contributed by atoms with Crippen LogP contribution in [0.2, 0.25) is 0 Å². The van der Waals surface area contributed by atoms with Gasteiger partial charge in [0.1, 0.15) is 4.21 Å². The van der Waals surface area contributed by atoms with E-state index in [-0.39, 0.29) is 16.3 Å². The number of carbonyl (C=O) groups excluding carboxylic acids is 2. The first-order chi connectivity index (χ1) is 8.84. The third kappa shape index (κ3) is 4.84. The van der Waals surface area contributed by atoms with E-state index in [2.05, 4.69) is 10.1 Å². The van der Waals surface area contributed by atoms with Gasteiger partial charge in [0.2, 0.25) is 0 Å². The molecule has 104 valence electrons. The van der Waals surface area contributed by atoms with Gasteiger partial charge in [-0.05, 0) is 6.07 Å². The summed E-state index contributed by atoms with van der Waals surface area (Å²) >= 11 is 0.992. The zero-order valence-electron chi connectivity index (χ0n) is 10.4. The summed E-state index contributed by atoms with van der Waals surface area (Å²) < 4.78 is 27.0. The summed E-state index contributed by atoms with van der Waals surface area (Å²) in [5.41, 5.74) is 0.275. The van der Waals surface area contributed by atoms with Crippen LogP contribution in [0.15, 0.2) is 27.8 Å². The summed E-state index contributed by atoms with van der Waals surface area (Å²) in [4.78, 5) is 22.4. The molecular formula is C11H13NO5S2. The maximum atomic E-state index is 11.6. The molecule has 0 spiro atoms. The van der Waals surface area contributed by atoms with Crippen LogP contribution in [-0.2, 0) is 19.4 Å². The highest BCUT2D eigenvalue weighted by Crippen LogP contribution is 2.19. The number of rotatable bonds is 5. The minimum Gasteiger partial charge on any atom is -0.466 e. The van der Waals surface area contributed by atoms with Crippen molar-refractivity contribution in [2.75, 3.05) is 19.9 Å². The topological polar surface area (TPSA) is 89.5 Å². The van der Waals surface area contributed by atoms with Crippen LogP contribution in [0.3, 0.4) is 0 Å². The number of nitrogens with one attached hydrogen (secondary N) is 1. The lowest BCUT2D eigenvalue weighted by atomic mass is 10.3. The number of carbonyl (C=O) groups is 2. The predicted octanol–water partition coefficient (Wildman–Crippen LogP) is 0.611. The van der Waals surface area contributed by atoms with Crippen LogP contribution in [0.4, 0.5) is 0 Å². The Morgan fingerprint density at radius 1 is 1.47 bits per heavy atom. The lowest BCUT2D eigenvalue weighted by Gasteiger charge is -1.98. The summed E-state index contributed by atoms with van der Waals surface area (Å²) in [5.74, 6) is -0.912. The quantitative estimate of drug-likeness (QED) is 0.636. The molecule has 0 unspecified atom stereocenters. The van der Waals surface area contributed by atoms with Crippen molar-refractivity contribution in [3.05, 3.63) is 29.2 Å². The molecule has 1 N–H and O–H groups in total. The van der Waals surface area contributed by atoms with Crippen molar-refractivity contribution in [2.45, 2.75) is 4.21 Å². The van der Waals surface area contributed by atoms with Crippen molar-refractivity contribution >= 4 is 33.1 Å². The minimum absolute atomic E-state index is 0.141. The van der Waals surface area contributed by atoms with E-state index in [0.29, 0.717) is 0 Å². The van der Waals surface area contributed by atoms with Gasteiger partial charge in [0.15, 0.2) is 9.84 Å². The van der Waals surface area contributed by atoms with Crippen LogP contribution in [0.25, 0.3) is 0 Å². The molecule has 1 heterocycles. The fourth-order valence-corrected chi connectivity index (χ4v) is 2.90. The maximum absolute atomic E-state index is 11.6. The molecular weight excluding hydrogens is 290 g/mol. The third-order valence-electron chi connectivity index (χ3n) is 2.04. The van der Waals surface area contributed by atoms with E-state index in [0.717, 1.165) is 17.6 Å². The van der Waals surface area contributed by atoms with Crippen molar-refractivity contribution in [1.29, 1.82) is 0 Å². The first-order valence-corrected chi connectivity index (χ1v) is 7.93. The van der Waals surface area contributed by atoms with Crippen molar-refractivity contribution in [3.8, 4) is 0 Å². The van der Waals surface area contributed by atoms with Gasteiger partial charge in [-0.1, -0.05) is 6.08 Å². The SMILES string of the molecule is COC(=O)/C=C/CNC(=O)c1csc(S(C)(=O)=O)c1. The van der Waals surface area contributed by atoms with Crippen LogP contribution in [-0.4, -0.2) is 40.2 Å². The van der Waals surface area contributed by atoms with Gasteiger partial charge in [-0.25, -0.2) is 13.2 Å². The van der Waals surface area contributed by atoms with Crippen LogP contribution in [0, 0.1) is 0 Å². The lowest BCUT2D eigenvalue weighted by molar-refractivity contribution is -0.134. The fraction of sp³-hybridized carbons (Fsp3) is 0.273. The Balaban J connectivity index is 2.58. The normalized spacial score (nSPS) is 11.5. The standard InChI is InChI=1S/C11H13NO5S2/c1-17-9(13)4-3-5-12-11(14)8-6-10(18-7-8)19(2,15)16/h3-4,6-7H,5H2,1-2H3,(H,12,14)/b4-3+. The molecule has 0 saturated heterocycles. The Morgan fingerprint density at radius 2 is 2.16 bits per heavy atom. The predicted molar refractivity (Wildman–Crippen MR) is 70.9 cm³/mol. The summed E-state index contributed by atoms with van der Waals surface area (Å²) in [6.45, 7) is 0.151. The van der Waals surface area contributed by atoms with Crippen LogP contribution >= 0.6 is 11.3 Å². The van der Waals surface area contributed by atoms with E-state index in [9.17, 15) is 18.0 Å². The molecule has 1 aromatic rings.